The Morgan fingerprint density at radius 2 is 1.82 bits per heavy atom. The van der Waals surface area contributed by atoms with Gasteiger partial charge in [0.1, 0.15) is 0 Å². The van der Waals surface area contributed by atoms with Crippen LogP contribution in [0.5, 0.6) is 0 Å². The maximum absolute atomic E-state index is 8.67. The predicted octanol–water partition coefficient (Wildman–Crippen LogP) is 4.12. The molecule has 1 atom stereocenters. The van der Waals surface area contributed by atoms with Crippen molar-refractivity contribution in [2.75, 3.05) is 6.61 Å². The highest BCUT2D eigenvalue weighted by molar-refractivity contribution is 6.74. The fourth-order valence-electron chi connectivity index (χ4n) is 1.34. The van der Waals surface area contributed by atoms with Gasteiger partial charge in [-0.25, -0.2) is 0 Å². The first kappa shape index (κ1) is 16.9. The van der Waals surface area contributed by atoms with Crippen LogP contribution in [0.25, 0.3) is 0 Å². The van der Waals surface area contributed by atoms with Crippen LogP contribution < -0.4 is 0 Å². The first-order valence-electron chi connectivity index (χ1n) is 6.66. The zero-order chi connectivity index (χ0) is 13.5. The monoisotopic (exact) mass is 258 g/mol. The molecule has 1 N–H and O–H groups in total. The van der Waals surface area contributed by atoms with Gasteiger partial charge in [0.2, 0.25) is 0 Å². The predicted molar refractivity (Wildman–Crippen MR) is 77.8 cm³/mol. The van der Waals surface area contributed by atoms with Crippen LogP contribution in [-0.4, -0.2) is 26.1 Å². The van der Waals surface area contributed by atoms with Crippen LogP contribution in [0.3, 0.4) is 0 Å². The SMILES string of the molecule is C[C@H](/C=C\CCCCO)O[Si](C)(C)C(C)(C)C. The lowest BCUT2D eigenvalue weighted by molar-refractivity contribution is 0.243. The number of aliphatic hydroxyl groups excluding tert-OH is 1. The molecule has 0 aliphatic carbocycles. The van der Waals surface area contributed by atoms with Crippen LogP contribution in [0.1, 0.15) is 47.0 Å². The lowest BCUT2D eigenvalue weighted by Crippen LogP contribution is -2.42. The highest BCUT2D eigenvalue weighted by Gasteiger charge is 2.37. The van der Waals surface area contributed by atoms with Crippen LogP contribution in [0.4, 0.5) is 0 Å². The molecule has 0 radical (unpaired) electrons. The van der Waals surface area contributed by atoms with Crippen LogP contribution in [-0.2, 0) is 4.43 Å². The molecule has 0 aromatic carbocycles. The van der Waals surface area contributed by atoms with Gasteiger partial charge in [-0.3, -0.25) is 0 Å². The summed E-state index contributed by atoms with van der Waals surface area (Å²) in [5, 5.41) is 8.94. The minimum absolute atomic E-state index is 0.199. The van der Waals surface area contributed by atoms with E-state index < -0.39 is 8.32 Å². The van der Waals surface area contributed by atoms with Crippen molar-refractivity contribution in [1.29, 1.82) is 0 Å². The van der Waals surface area contributed by atoms with Gasteiger partial charge in [-0.2, -0.15) is 0 Å². The molecule has 0 unspecified atom stereocenters. The van der Waals surface area contributed by atoms with E-state index in [1.54, 1.807) is 0 Å². The summed E-state index contributed by atoms with van der Waals surface area (Å²) in [5.41, 5.74) is 0. The molecule has 102 valence electrons. The van der Waals surface area contributed by atoms with E-state index in [4.69, 9.17) is 9.53 Å². The van der Waals surface area contributed by atoms with E-state index in [-0.39, 0.29) is 11.1 Å². The van der Waals surface area contributed by atoms with Gasteiger partial charge in [0.15, 0.2) is 8.32 Å². The largest absolute Gasteiger partial charge is 0.411 e. The topological polar surface area (TPSA) is 29.5 Å². The molecule has 0 saturated carbocycles. The quantitative estimate of drug-likeness (QED) is 0.423. The Bertz CT molecular complexity index is 229. The van der Waals surface area contributed by atoms with Gasteiger partial charge in [0.05, 0.1) is 6.10 Å². The summed E-state index contributed by atoms with van der Waals surface area (Å²) < 4.78 is 6.21. The third-order valence-corrected chi connectivity index (χ3v) is 8.05. The summed E-state index contributed by atoms with van der Waals surface area (Å²) in [7, 11) is -1.63. The molecule has 0 saturated heterocycles. The number of rotatable bonds is 7. The molecule has 0 aromatic heterocycles. The van der Waals surface area contributed by atoms with Gasteiger partial charge >= 0.3 is 0 Å². The van der Waals surface area contributed by atoms with E-state index in [2.05, 4.69) is 52.9 Å². The van der Waals surface area contributed by atoms with Crippen molar-refractivity contribution >= 4 is 8.32 Å². The second kappa shape index (κ2) is 7.34. The first-order valence-corrected chi connectivity index (χ1v) is 9.57. The second-order valence-electron chi connectivity index (χ2n) is 6.23. The number of allylic oxidation sites excluding steroid dienone is 1. The van der Waals surface area contributed by atoms with Gasteiger partial charge in [0.25, 0.3) is 0 Å². The average molecular weight is 258 g/mol. The Morgan fingerprint density at radius 3 is 2.29 bits per heavy atom. The van der Waals surface area contributed by atoms with E-state index >= 15 is 0 Å². The average Bonchev–Trinajstić information content (AvgIpc) is 2.14. The summed E-state index contributed by atoms with van der Waals surface area (Å²) in [5.74, 6) is 0. The molecule has 0 bridgehead atoms. The molecule has 3 heteroatoms. The molecule has 0 rings (SSSR count). The van der Waals surface area contributed by atoms with Crippen molar-refractivity contribution in [2.24, 2.45) is 0 Å². The van der Waals surface area contributed by atoms with E-state index in [1.165, 1.54) is 0 Å². The Hall–Kier alpha value is -0.123. The molecular formula is C14H30O2Si. The van der Waals surface area contributed by atoms with E-state index in [9.17, 15) is 0 Å². The number of hydrogen-bond donors (Lipinski definition) is 1. The molecule has 17 heavy (non-hydrogen) atoms. The molecule has 0 spiro atoms. The summed E-state index contributed by atoms with van der Waals surface area (Å²) in [6.07, 6.45) is 7.50. The van der Waals surface area contributed by atoms with E-state index in [0.29, 0.717) is 6.61 Å². The summed E-state index contributed by atoms with van der Waals surface area (Å²) >= 11 is 0. The second-order valence-corrected chi connectivity index (χ2v) is 11.0. The highest BCUT2D eigenvalue weighted by atomic mass is 28.4. The lowest BCUT2D eigenvalue weighted by Gasteiger charge is -2.37. The lowest BCUT2D eigenvalue weighted by atomic mass is 10.2. The van der Waals surface area contributed by atoms with Gasteiger partial charge in [-0.15, -0.1) is 0 Å². The standard InChI is InChI=1S/C14H30O2Si/c1-13(11-9-7-8-10-12-15)16-17(5,6)14(2,3)4/h9,11,13,15H,7-8,10,12H2,1-6H3/b11-9-/t13-/m1/s1. The molecule has 0 aliphatic rings. The summed E-state index contributed by atoms with van der Waals surface area (Å²) in [6, 6.07) is 0. The Balaban J connectivity index is 4.05. The van der Waals surface area contributed by atoms with Crippen LogP contribution in [0.15, 0.2) is 12.2 Å². The number of hydrogen-bond acceptors (Lipinski definition) is 2. The minimum atomic E-state index is -1.63. The highest BCUT2D eigenvalue weighted by Crippen LogP contribution is 2.37. The van der Waals surface area contributed by atoms with Gasteiger partial charge in [-0.05, 0) is 44.3 Å². The summed E-state index contributed by atoms with van der Waals surface area (Å²) in [4.78, 5) is 0. The molecule has 2 nitrogen and oxygen atoms in total. The number of aliphatic hydroxyl groups is 1. The van der Waals surface area contributed by atoms with Gasteiger partial charge < -0.3 is 9.53 Å². The maximum atomic E-state index is 8.67. The normalized spacial score (nSPS) is 15.5. The summed E-state index contributed by atoms with van der Waals surface area (Å²) in [6.45, 7) is 13.8. The zero-order valence-corrected chi connectivity index (χ0v) is 13.4. The molecule has 0 aromatic rings. The van der Waals surface area contributed by atoms with Crippen LogP contribution in [0, 0.1) is 0 Å². The van der Waals surface area contributed by atoms with Crippen LogP contribution >= 0.6 is 0 Å². The van der Waals surface area contributed by atoms with Gasteiger partial charge in [0, 0.05) is 6.61 Å². The third kappa shape index (κ3) is 7.01. The Labute approximate surface area is 108 Å². The first-order chi connectivity index (χ1) is 7.70. The minimum Gasteiger partial charge on any atom is -0.411 e. The third-order valence-electron chi connectivity index (χ3n) is 3.47. The smallest absolute Gasteiger partial charge is 0.192 e. The van der Waals surface area contributed by atoms with E-state index in [1.807, 2.05) is 0 Å². The van der Waals surface area contributed by atoms with Crippen LogP contribution in [0.2, 0.25) is 18.1 Å². The molecular weight excluding hydrogens is 228 g/mol. The van der Waals surface area contributed by atoms with Crippen molar-refractivity contribution in [3.63, 3.8) is 0 Å². The number of unbranched alkanes of at least 4 members (excludes halogenated alkanes) is 2. The van der Waals surface area contributed by atoms with Gasteiger partial charge in [-0.1, -0.05) is 32.9 Å². The van der Waals surface area contributed by atoms with Crippen molar-refractivity contribution in [1.82, 2.24) is 0 Å². The van der Waals surface area contributed by atoms with Crippen molar-refractivity contribution in [3.05, 3.63) is 12.2 Å². The fraction of sp³-hybridized carbons (Fsp3) is 0.857. The fourth-order valence-corrected chi connectivity index (χ4v) is 2.70. The molecule has 0 fully saturated rings. The Morgan fingerprint density at radius 1 is 1.24 bits per heavy atom. The van der Waals surface area contributed by atoms with Crippen molar-refractivity contribution in [3.8, 4) is 0 Å². The van der Waals surface area contributed by atoms with Crippen molar-refractivity contribution in [2.45, 2.75) is 71.2 Å². The zero-order valence-electron chi connectivity index (χ0n) is 12.4. The van der Waals surface area contributed by atoms with E-state index in [0.717, 1.165) is 19.3 Å². The maximum Gasteiger partial charge on any atom is 0.192 e. The molecule has 0 aliphatic heterocycles. The molecule has 0 heterocycles. The Kier molecular flexibility index (Phi) is 7.29. The molecule has 0 amide bonds. The van der Waals surface area contributed by atoms with Crippen molar-refractivity contribution < 1.29 is 9.53 Å².